The largest absolute Gasteiger partial charge is 0.481 e. The van der Waals surface area contributed by atoms with Crippen LogP contribution < -0.4 is 15.2 Å². The van der Waals surface area contributed by atoms with Gasteiger partial charge in [0.25, 0.3) is 0 Å². The topological polar surface area (TPSA) is 70.3 Å². The molecule has 1 aromatic carbocycles. The summed E-state index contributed by atoms with van der Waals surface area (Å²) in [5.41, 5.74) is 9.44. The summed E-state index contributed by atoms with van der Waals surface area (Å²) in [7, 11) is 1.60. The second-order valence-corrected chi connectivity index (χ2v) is 5.09. The van der Waals surface area contributed by atoms with Crippen LogP contribution in [0.5, 0.6) is 17.5 Å². The van der Waals surface area contributed by atoms with Gasteiger partial charge >= 0.3 is 0 Å². The van der Waals surface area contributed by atoms with E-state index in [1.165, 1.54) is 0 Å². The first-order valence-corrected chi connectivity index (χ1v) is 7.16. The Morgan fingerprint density at radius 1 is 0.913 bits per heavy atom. The van der Waals surface area contributed by atoms with Gasteiger partial charge in [-0.1, -0.05) is 12.1 Å². The van der Waals surface area contributed by atoms with E-state index in [-0.39, 0.29) is 0 Å². The molecular formula is C18H17N3O2. The normalized spacial score (nSPS) is 10.3. The summed E-state index contributed by atoms with van der Waals surface area (Å²) in [5, 5.41) is 0. The van der Waals surface area contributed by atoms with E-state index in [1.807, 2.05) is 49.4 Å². The first-order valence-electron chi connectivity index (χ1n) is 7.16. The molecular weight excluding hydrogens is 290 g/mol. The van der Waals surface area contributed by atoms with Crippen LogP contribution in [-0.4, -0.2) is 17.1 Å². The van der Waals surface area contributed by atoms with E-state index >= 15 is 0 Å². The van der Waals surface area contributed by atoms with Gasteiger partial charge in [-0.05, 0) is 41.8 Å². The van der Waals surface area contributed by atoms with Crippen LogP contribution in [0.4, 0.5) is 5.69 Å². The van der Waals surface area contributed by atoms with Crippen molar-refractivity contribution < 1.29 is 9.47 Å². The molecule has 0 aliphatic carbocycles. The summed E-state index contributed by atoms with van der Waals surface area (Å²) in [6.07, 6.45) is 3.32. The summed E-state index contributed by atoms with van der Waals surface area (Å²) in [5.74, 6) is 1.82. The maximum Gasteiger partial charge on any atom is 0.219 e. The highest BCUT2D eigenvalue weighted by atomic mass is 16.5. The van der Waals surface area contributed by atoms with E-state index in [0.717, 1.165) is 16.7 Å². The van der Waals surface area contributed by atoms with E-state index in [1.54, 1.807) is 19.5 Å². The summed E-state index contributed by atoms with van der Waals surface area (Å²) >= 11 is 0. The van der Waals surface area contributed by atoms with Crippen LogP contribution in [0.2, 0.25) is 0 Å². The number of benzene rings is 1. The van der Waals surface area contributed by atoms with Crippen molar-refractivity contribution in [1.82, 2.24) is 9.97 Å². The van der Waals surface area contributed by atoms with Crippen molar-refractivity contribution in [2.75, 3.05) is 12.8 Å². The Morgan fingerprint density at radius 3 is 2.39 bits per heavy atom. The van der Waals surface area contributed by atoms with Gasteiger partial charge in [0, 0.05) is 18.3 Å². The van der Waals surface area contributed by atoms with E-state index in [9.17, 15) is 0 Å². The average molecular weight is 307 g/mol. The number of pyridine rings is 2. The summed E-state index contributed by atoms with van der Waals surface area (Å²) < 4.78 is 10.9. The lowest BCUT2D eigenvalue weighted by molar-refractivity contribution is 0.398. The molecule has 0 amide bonds. The molecule has 3 rings (SSSR count). The lowest BCUT2D eigenvalue weighted by atomic mass is 10.1. The Balaban J connectivity index is 1.80. The van der Waals surface area contributed by atoms with Crippen molar-refractivity contribution in [2.45, 2.75) is 6.92 Å². The number of nitrogen functional groups attached to an aromatic ring is 1. The molecule has 2 heterocycles. The molecule has 5 heteroatoms. The van der Waals surface area contributed by atoms with Gasteiger partial charge in [0.2, 0.25) is 11.8 Å². The van der Waals surface area contributed by atoms with Crippen LogP contribution in [0.25, 0.3) is 11.1 Å². The van der Waals surface area contributed by atoms with Crippen LogP contribution in [0.3, 0.4) is 0 Å². The maximum absolute atomic E-state index is 5.76. The molecule has 0 aliphatic heterocycles. The number of hydrogen-bond donors (Lipinski definition) is 1. The van der Waals surface area contributed by atoms with Gasteiger partial charge in [0.15, 0.2) is 0 Å². The number of rotatable bonds is 4. The van der Waals surface area contributed by atoms with E-state index in [0.29, 0.717) is 23.2 Å². The molecule has 2 N–H and O–H groups in total. The first-order chi connectivity index (χ1) is 11.2. The zero-order valence-electron chi connectivity index (χ0n) is 13.0. The van der Waals surface area contributed by atoms with Crippen LogP contribution in [0.15, 0.2) is 54.9 Å². The van der Waals surface area contributed by atoms with Gasteiger partial charge in [0.05, 0.1) is 19.0 Å². The molecule has 0 bridgehead atoms. The summed E-state index contributed by atoms with van der Waals surface area (Å²) in [4.78, 5) is 8.27. The number of aryl methyl sites for hydroxylation is 1. The maximum atomic E-state index is 5.76. The molecule has 0 radical (unpaired) electrons. The van der Waals surface area contributed by atoms with Crippen LogP contribution in [-0.2, 0) is 0 Å². The zero-order valence-corrected chi connectivity index (χ0v) is 13.0. The van der Waals surface area contributed by atoms with Gasteiger partial charge in [-0.25, -0.2) is 9.97 Å². The third-order valence-electron chi connectivity index (χ3n) is 3.48. The Kier molecular flexibility index (Phi) is 4.10. The fourth-order valence-electron chi connectivity index (χ4n) is 2.13. The molecule has 5 nitrogen and oxygen atoms in total. The minimum Gasteiger partial charge on any atom is -0.481 e. The predicted octanol–water partition coefficient (Wildman–Crippen LogP) is 3.84. The molecule has 2 aromatic heterocycles. The smallest absolute Gasteiger partial charge is 0.219 e. The van der Waals surface area contributed by atoms with Gasteiger partial charge in [-0.2, -0.15) is 0 Å². The second-order valence-electron chi connectivity index (χ2n) is 5.09. The average Bonchev–Trinajstić information content (AvgIpc) is 2.59. The van der Waals surface area contributed by atoms with Crippen molar-refractivity contribution in [3.8, 4) is 28.6 Å². The SMILES string of the molecule is COc1cc(-c2ccc(Oc3cc(C)c(N)cn3)cc2)ccn1. The number of ether oxygens (including phenoxy) is 2. The Bertz CT molecular complexity index is 817. The molecule has 3 aromatic rings. The number of aromatic nitrogens is 2. The summed E-state index contributed by atoms with van der Waals surface area (Å²) in [6.45, 7) is 1.92. The molecule has 116 valence electrons. The highest BCUT2D eigenvalue weighted by Gasteiger charge is 2.04. The monoisotopic (exact) mass is 307 g/mol. The van der Waals surface area contributed by atoms with Crippen molar-refractivity contribution in [3.63, 3.8) is 0 Å². The second kappa shape index (κ2) is 6.36. The standard InChI is InChI=1S/C18H17N3O2/c1-12-9-18(21-11-16(12)19)23-15-5-3-13(4-6-15)14-7-8-20-17(10-14)22-2/h3-11H,19H2,1-2H3. The van der Waals surface area contributed by atoms with Gasteiger partial charge in [-0.15, -0.1) is 0 Å². The van der Waals surface area contributed by atoms with E-state index < -0.39 is 0 Å². The molecule has 0 spiro atoms. The Morgan fingerprint density at radius 2 is 1.70 bits per heavy atom. The molecule has 0 saturated heterocycles. The lowest BCUT2D eigenvalue weighted by Crippen LogP contribution is -1.94. The Hall–Kier alpha value is -3.08. The van der Waals surface area contributed by atoms with Crippen molar-refractivity contribution in [1.29, 1.82) is 0 Å². The third kappa shape index (κ3) is 3.40. The van der Waals surface area contributed by atoms with Crippen molar-refractivity contribution >= 4 is 5.69 Å². The minimum atomic E-state index is 0.523. The fraction of sp³-hybridized carbons (Fsp3) is 0.111. The molecule has 23 heavy (non-hydrogen) atoms. The minimum absolute atomic E-state index is 0.523. The first kappa shape index (κ1) is 14.8. The molecule has 0 saturated carbocycles. The van der Waals surface area contributed by atoms with E-state index in [4.69, 9.17) is 15.2 Å². The van der Waals surface area contributed by atoms with Gasteiger partial charge in [-0.3, -0.25) is 0 Å². The summed E-state index contributed by atoms with van der Waals surface area (Å²) in [6, 6.07) is 13.4. The van der Waals surface area contributed by atoms with E-state index in [2.05, 4.69) is 9.97 Å². The molecule has 0 fully saturated rings. The number of methoxy groups -OCH3 is 1. The van der Waals surface area contributed by atoms with Crippen LogP contribution in [0, 0.1) is 6.92 Å². The third-order valence-corrected chi connectivity index (χ3v) is 3.48. The predicted molar refractivity (Wildman–Crippen MR) is 89.7 cm³/mol. The molecule has 0 unspecified atom stereocenters. The highest BCUT2D eigenvalue weighted by Crippen LogP contribution is 2.27. The molecule has 0 aliphatic rings. The van der Waals surface area contributed by atoms with Gasteiger partial charge < -0.3 is 15.2 Å². The Labute approximate surface area is 134 Å². The number of hydrogen-bond acceptors (Lipinski definition) is 5. The quantitative estimate of drug-likeness (QED) is 0.793. The van der Waals surface area contributed by atoms with Crippen LogP contribution >= 0.6 is 0 Å². The fourth-order valence-corrected chi connectivity index (χ4v) is 2.13. The van der Waals surface area contributed by atoms with Crippen molar-refractivity contribution in [3.05, 3.63) is 60.4 Å². The lowest BCUT2D eigenvalue weighted by Gasteiger charge is -2.08. The number of anilines is 1. The zero-order chi connectivity index (χ0) is 16.2. The number of nitrogens with two attached hydrogens (primary N) is 1. The molecule has 0 atom stereocenters. The van der Waals surface area contributed by atoms with Crippen LogP contribution in [0.1, 0.15) is 5.56 Å². The number of nitrogens with zero attached hydrogens (tertiary/aromatic N) is 2. The van der Waals surface area contributed by atoms with Crippen molar-refractivity contribution in [2.24, 2.45) is 0 Å². The highest BCUT2D eigenvalue weighted by molar-refractivity contribution is 5.64. The van der Waals surface area contributed by atoms with Gasteiger partial charge in [0.1, 0.15) is 5.75 Å².